The number of nitrogens with one attached hydrogen (secondary N) is 2. The second kappa shape index (κ2) is 7.09. The summed E-state index contributed by atoms with van der Waals surface area (Å²) in [6.07, 6.45) is 5.22. The molecule has 0 radical (unpaired) electrons. The summed E-state index contributed by atoms with van der Waals surface area (Å²) in [6.45, 7) is 9.43. The summed E-state index contributed by atoms with van der Waals surface area (Å²) in [5.41, 5.74) is 7.61. The average molecular weight is 346 g/mol. The van der Waals surface area contributed by atoms with E-state index in [0.717, 1.165) is 24.2 Å². The van der Waals surface area contributed by atoms with E-state index in [4.69, 9.17) is 4.74 Å². The lowest BCUT2D eigenvalue weighted by molar-refractivity contribution is -0.118. The molecule has 0 aromatic rings. The molecule has 3 rings (SSSR count). The molecule has 3 aliphatic rings. The highest BCUT2D eigenvalue weighted by atomic mass is 32.2. The molecule has 24 heavy (non-hydrogen) atoms. The number of hydrogen-bond donors (Lipinski definition) is 2. The molecule has 0 bridgehead atoms. The van der Waals surface area contributed by atoms with Gasteiger partial charge in [0.1, 0.15) is 0 Å². The summed E-state index contributed by atoms with van der Waals surface area (Å²) in [7, 11) is 0. The van der Waals surface area contributed by atoms with E-state index in [2.05, 4.69) is 44.4 Å². The van der Waals surface area contributed by atoms with Crippen molar-refractivity contribution < 1.29 is 9.53 Å². The first-order valence-electron chi connectivity index (χ1n) is 8.54. The molecule has 0 spiro atoms. The van der Waals surface area contributed by atoms with Crippen molar-refractivity contribution in [3.05, 3.63) is 45.4 Å². The van der Waals surface area contributed by atoms with E-state index in [1.807, 2.05) is 0 Å². The molecule has 0 saturated heterocycles. The number of rotatable bonds is 3. The molecule has 4 nitrogen and oxygen atoms in total. The van der Waals surface area contributed by atoms with Crippen LogP contribution in [0.2, 0.25) is 0 Å². The van der Waals surface area contributed by atoms with Crippen molar-refractivity contribution in [3.63, 3.8) is 0 Å². The van der Waals surface area contributed by atoms with Gasteiger partial charge in [-0.2, -0.15) is 0 Å². The highest BCUT2D eigenvalue weighted by Gasteiger charge is 2.31. The third kappa shape index (κ3) is 3.56. The minimum atomic E-state index is -0.134. The van der Waals surface area contributed by atoms with Gasteiger partial charge in [-0.25, -0.2) is 0 Å². The van der Waals surface area contributed by atoms with Crippen molar-refractivity contribution >= 4 is 17.7 Å². The van der Waals surface area contributed by atoms with Gasteiger partial charge in [-0.05, 0) is 57.3 Å². The van der Waals surface area contributed by atoms with E-state index in [1.165, 1.54) is 27.9 Å². The van der Waals surface area contributed by atoms with E-state index in [1.54, 1.807) is 11.8 Å². The smallest absolute Gasteiger partial charge is 0.254 e. The standard InChI is InChI=1S/C19H26N2O2S/c1-11-5-6-12(2)16(14(4)13(3)9-11)10-24-19-20-17(22)15-7-8-23-18(15)21-19/h9,19,21H,5-8,10H2,1-4H3,(H,20,22)/b11-9+,14-13-,16-12-. The van der Waals surface area contributed by atoms with Crippen molar-refractivity contribution in [3.8, 4) is 0 Å². The third-order valence-corrected chi connectivity index (χ3v) is 6.01. The quantitative estimate of drug-likeness (QED) is 0.817. The lowest BCUT2D eigenvalue weighted by atomic mass is 9.91. The summed E-state index contributed by atoms with van der Waals surface area (Å²) < 4.78 is 5.52. The fourth-order valence-corrected chi connectivity index (χ4v) is 4.46. The van der Waals surface area contributed by atoms with Gasteiger partial charge < -0.3 is 15.4 Å². The second-order valence-corrected chi connectivity index (χ2v) is 7.87. The summed E-state index contributed by atoms with van der Waals surface area (Å²) in [4.78, 5) is 12.1. The van der Waals surface area contributed by atoms with Gasteiger partial charge in [0.15, 0.2) is 11.4 Å². The predicted molar refractivity (Wildman–Crippen MR) is 99.2 cm³/mol. The van der Waals surface area contributed by atoms with E-state index in [9.17, 15) is 4.79 Å². The van der Waals surface area contributed by atoms with Crippen LogP contribution in [0.15, 0.2) is 45.4 Å². The van der Waals surface area contributed by atoms with Crippen LogP contribution < -0.4 is 10.6 Å². The monoisotopic (exact) mass is 346 g/mol. The Balaban J connectivity index is 1.71. The van der Waals surface area contributed by atoms with Crippen molar-refractivity contribution in [2.75, 3.05) is 12.4 Å². The summed E-state index contributed by atoms with van der Waals surface area (Å²) in [5, 5.41) is 6.33. The molecule has 1 atom stereocenters. The summed E-state index contributed by atoms with van der Waals surface area (Å²) in [6, 6.07) is 0. The molecule has 2 aliphatic heterocycles. The topological polar surface area (TPSA) is 50.4 Å². The molecule has 0 fully saturated rings. The van der Waals surface area contributed by atoms with Crippen LogP contribution in [0.1, 0.15) is 47.0 Å². The Bertz CT molecular complexity index is 685. The molecular formula is C19H26N2O2S. The van der Waals surface area contributed by atoms with Gasteiger partial charge in [0, 0.05) is 12.2 Å². The number of hydrogen-bond acceptors (Lipinski definition) is 4. The number of carbonyl (C=O) groups is 1. The van der Waals surface area contributed by atoms with Crippen molar-refractivity contribution in [2.24, 2.45) is 0 Å². The number of thioether (sulfide) groups is 1. The number of amides is 1. The van der Waals surface area contributed by atoms with Crippen LogP contribution in [0.4, 0.5) is 0 Å². The molecule has 2 heterocycles. The molecular weight excluding hydrogens is 320 g/mol. The van der Waals surface area contributed by atoms with E-state index in [-0.39, 0.29) is 11.4 Å². The Morgan fingerprint density at radius 1 is 1.17 bits per heavy atom. The molecule has 0 aromatic heterocycles. The molecule has 1 aliphatic carbocycles. The highest BCUT2D eigenvalue weighted by molar-refractivity contribution is 8.00. The minimum absolute atomic E-state index is 0.00382. The Morgan fingerprint density at radius 2 is 1.96 bits per heavy atom. The van der Waals surface area contributed by atoms with E-state index >= 15 is 0 Å². The van der Waals surface area contributed by atoms with Crippen LogP contribution in [0, 0.1) is 0 Å². The molecule has 0 saturated carbocycles. The van der Waals surface area contributed by atoms with Gasteiger partial charge in [0.25, 0.3) is 5.91 Å². The first-order valence-corrected chi connectivity index (χ1v) is 9.59. The van der Waals surface area contributed by atoms with Crippen LogP contribution in [0.25, 0.3) is 0 Å². The Morgan fingerprint density at radius 3 is 2.75 bits per heavy atom. The molecule has 130 valence electrons. The lowest BCUT2D eigenvalue weighted by Crippen LogP contribution is -2.48. The number of ether oxygens (including phenoxy) is 1. The maximum atomic E-state index is 12.1. The maximum Gasteiger partial charge on any atom is 0.254 e. The van der Waals surface area contributed by atoms with Crippen molar-refractivity contribution in [1.29, 1.82) is 0 Å². The number of carbonyl (C=O) groups excluding carboxylic acids is 1. The Labute approximate surface area is 148 Å². The zero-order valence-corrected chi connectivity index (χ0v) is 15.7. The van der Waals surface area contributed by atoms with Gasteiger partial charge in [0.2, 0.25) is 0 Å². The van der Waals surface area contributed by atoms with E-state index in [0.29, 0.717) is 18.9 Å². The van der Waals surface area contributed by atoms with Gasteiger partial charge >= 0.3 is 0 Å². The molecule has 2 N–H and O–H groups in total. The summed E-state index contributed by atoms with van der Waals surface area (Å²) in [5.74, 6) is 1.55. The number of allylic oxidation sites excluding steroid dienone is 5. The SMILES string of the molecule is CC1=C(C)/C(CSC2NC(=O)C3=C(N2)OCC3)=C(/C)CC\C(C)=C\1. The van der Waals surface area contributed by atoms with Gasteiger partial charge in [-0.15, -0.1) is 11.8 Å². The molecule has 1 unspecified atom stereocenters. The van der Waals surface area contributed by atoms with Crippen molar-refractivity contribution in [1.82, 2.24) is 10.6 Å². The van der Waals surface area contributed by atoms with Crippen LogP contribution in [-0.4, -0.2) is 23.8 Å². The van der Waals surface area contributed by atoms with Crippen LogP contribution in [0.3, 0.4) is 0 Å². The average Bonchev–Trinajstić information content (AvgIpc) is 3.01. The molecule has 0 aromatic carbocycles. The zero-order valence-electron chi connectivity index (χ0n) is 14.9. The largest absolute Gasteiger partial charge is 0.478 e. The fraction of sp³-hybridized carbons (Fsp3) is 0.526. The van der Waals surface area contributed by atoms with Gasteiger partial charge in [-0.1, -0.05) is 17.2 Å². The predicted octanol–water partition coefficient (Wildman–Crippen LogP) is 3.75. The third-order valence-electron chi connectivity index (χ3n) is 4.98. The lowest BCUT2D eigenvalue weighted by Gasteiger charge is -2.27. The second-order valence-electron chi connectivity index (χ2n) is 6.77. The van der Waals surface area contributed by atoms with Gasteiger partial charge in [-0.3, -0.25) is 4.79 Å². The first-order chi connectivity index (χ1) is 11.5. The van der Waals surface area contributed by atoms with Crippen LogP contribution in [0.5, 0.6) is 0 Å². The van der Waals surface area contributed by atoms with Gasteiger partial charge in [0.05, 0.1) is 12.2 Å². The normalized spacial score (nSPS) is 32.9. The molecule has 1 amide bonds. The molecule has 5 heteroatoms. The zero-order chi connectivity index (χ0) is 17.3. The minimum Gasteiger partial charge on any atom is -0.478 e. The first kappa shape index (κ1) is 17.2. The van der Waals surface area contributed by atoms with Crippen LogP contribution >= 0.6 is 11.8 Å². The summed E-state index contributed by atoms with van der Waals surface area (Å²) >= 11 is 1.71. The van der Waals surface area contributed by atoms with E-state index < -0.39 is 0 Å². The fourth-order valence-electron chi connectivity index (χ4n) is 3.29. The highest BCUT2D eigenvalue weighted by Crippen LogP contribution is 2.31. The van der Waals surface area contributed by atoms with Crippen LogP contribution in [-0.2, 0) is 9.53 Å². The maximum absolute atomic E-state index is 12.1. The Hall–Kier alpha value is -1.62. The Kier molecular flexibility index (Phi) is 5.09. The van der Waals surface area contributed by atoms with Crippen molar-refractivity contribution in [2.45, 2.75) is 52.5 Å².